The van der Waals surface area contributed by atoms with E-state index in [1.165, 1.54) is 7.11 Å². The van der Waals surface area contributed by atoms with E-state index in [0.29, 0.717) is 17.7 Å². The van der Waals surface area contributed by atoms with Crippen molar-refractivity contribution in [2.24, 2.45) is 16.3 Å². The minimum Gasteiger partial charge on any atom is -0.468 e. The highest BCUT2D eigenvalue weighted by Crippen LogP contribution is 2.47. The summed E-state index contributed by atoms with van der Waals surface area (Å²) in [6, 6.07) is 3.72. The van der Waals surface area contributed by atoms with Gasteiger partial charge in [-0.3, -0.25) is 19.6 Å². The van der Waals surface area contributed by atoms with Crippen LogP contribution in [0.5, 0.6) is 0 Å². The lowest BCUT2D eigenvalue weighted by atomic mass is 9.67. The molecule has 1 aromatic rings. The molecule has 1 aromatic heterocycles. The van der Waals surface area contributed by atoms with Crippen LogP contribution in [-0.4, -0.2) is 29.6 Å². The van der Waals surface area contributed by atoms with Gasteiger partial charge in [-0.25, -0.2) is 0 Å². The van der Waals surface area contributed by atoms with Crippen LogP contribution in [0, 0.1) is 11.3 Å². The normalized spacial score (nSPS) is 25.8. The summed E-state index contributed by atoms with van der Waals surface area (Å²) in [6.45, 7) is 5.99. The number of carbonyl (C=O) groups excluding carboxylic acids is 2. The standard InChI is InChI=1S/C19H22N2O3/c1-11-15(18(23)24-4)16(12-5-7-20-8-6-12)17-13(21-11)9-19(2,3)10-14(17)22/h5-8,15-16H,9-10H2,1-4H3/t15?,16-/m1/s1. The van der Waals surface area contributed by atoms with Gasteiger partial charge in [-0.2, -0.15) is 0 Å². The molecule has 2 aliphatic rings. The van der Waals surface area contributed by atoms with Crippen LogP contribution in [0.15, 0.2) is 40.8 Å². The van der Waals surface area contributed by atoms with Gasteiger partial charge in [0.25, 0.3) is 0 Å². The molecule has 1 unspecified atom stereocenters. The van der Waals surface area contributed by atoms with Crippen molar-refractivity contribution < 1.29 is 14.3 Å². The molecule has 5 nitrogen and oxygen atoms in total. The number of aromatic nitrogens is 1. The molecule has 5 heteroatoms. The van der Waals surface area contributed by atoms with E-state index in [-0.39, 0.29) is 23.1 Å². The Hall–Kier alpha value is -2.30. The molecule has 0 N–H and O–H groups in total. The fraction of sp³-hybridized carbons (Fsp3) is 0.474. The molecule has 3 rings (SSSR count). The summed E-state index contributed by atoms with van der Waals surface area (Å²) in [5.74, 6) is -1.20. The van der Waals surface area contributed by atoms with E-state index in [0.717, 1.165) is 17.7 Å². The van der Waals surface area contributed by atoms with Gasteiger partial charge in [0.05, 0.1) is 7.11 Å². The van der Waals surface area contributed by atoms with E-state index in [4.69, 9.17) is 4.74 Å². The molecule has 2 atom stereocenters. The highest BCUT2D eigenvalue weighted by Gasteiger charge is 2.45. The number of ether oxygens (including phenoxy) is 1. The molecule has 0 aromatic carbocycles. The van der Waals surface area contributed by atoms with Crippen molar-refractivity contribution in [3.63, 3.8) is 0 Å². The number of hydrogen-bond acceptors (Lipinski definition) is 5. The van der Waals surface area contributed by atoms with Gasteiger partial charge >= 0.3 is 5.97 Å². The molecule has 1 aliphatic carbocycles. The average molecular weight is 326 g/mol. The topological polar surface area (TPSA) is 68.6 Å². The Morgan fingerprint density at radius 2 is 1.92 bits per heavy atom. The van der Waals surface area contributed by atoms with Crippen LogP contribution >= 0.6 is 0 Å². The molecule has 126 valence electrons. The number of aliphatic imine (C=N–C) groups is 1. The zero-order chi connectivity index (χ0) is 17.5. The van der Waals surface area contributed by atoms with Crippen molar-refractivity contribution in [2.45, 2.75) is 39.5 Å². The number of allylic oxidation sites excluding steroid dienone is 2. The number of ketones is 1. The SMILES string of the molecule is COC(=O)C1C(C)=NC2=C(C(=O)CC(C)(C)C2)[C@@H]1c1ccncc1. The molecule has 0 amide bonds. The fourth-order valence-corrected chi connectivity index (χ4v) is 3.81. The van der Waals surface area contributed by atoms with Gasteiger partial charge < -0.3 is 4.74 Å². The second kappa shape index (κ2) is 5.96. The molecule has 0 saturated heterocycles. The number of nitrogens with zero attached hydrogens (tertiary/aromatic N) is 2. The first-order chi connectivity index (χ1) is 11.3. The summed E-state index contributed by atoms with van der Waals surface area (Å²) >= 11 is 0. The van der Waals surface area contributed by atoms with E-state index in [2.05, 4.69) is 23.8 Å². The largest absolute Gasteiger partial charge is 0.468 e. The zero-order valence-electron chi connectivity index (χ0n) is 14.5. The third-order valence-electron chi connectivity index (χ3n) is 4.82. The van der Waals surface area contributed by atoms with Crippen LogP contribution in [0.2, 0.25) is 0 Å². The molecular formula is C19H22N2O3. The van der Waals surface area contributed by atoms with Crippen molar-refractivity contribution in [3.8, 4) is 0 Å². The van der Waals surface area contributed by atoms with Crippen molar-refractivity contribution in [3.05, 3.63) is 41.4 Å². The Kier molecular flexibility index (Phi) is 4.11. The van der Waals surface area contributed by atoms with Gasteiger partial charge in [0.15, 0.2) is 5.78 Å². The second-order valence-electron chi connectivity index (χ2n) is 7.31. The monoisotopic (exact) mass is 326 g/mol. The maximum atomic E-state index is 12.9. The maximum Gasteiger partial charge on any atom is 0.315 e. The van der Waals surface area contributed by atoms with Gasteiger partial charge in [0.1, 0.15) is 5.92 Å². The van der Waals surface area contributed by atoms with Crippen molar-refractivity contribution >= 4 is 17.5 Å². The fourth-order valence-electron chi connectivity index (χ4n) is 3.81. The highest BCUT2D eigenvalue weighted by atomic mass is 16.5. The van der Waals surface area contributed by atoms with Crippen LogP contribution < -0.4 is 0 Å². The number of pyridine rings is 1. The third kappa shape index (κ3) is 2.79. The van der Waals surface area contributed by atoms with Gasteiger partial charge in [-0.05, 0) is 36.5 Å². The number of esters is 1. The van der Waals surface area contributed by atoms with Gasteiger partial charge in [-0.15, -0.1) is 0 Å². The van der Waals surface area contributed by atoms with E-state index in [1.54, 1.807) is 12.4 Å². The summed E-state index contributed by atoms with van der Waals surface area (Å²) in [5, 5.41) is 0. The summed E-state index contributed by atoms with van der Waals surface area (Å²) in [4.78, 5) is 34.0. The molecule has 0 bridgehead atoms. The lowest BCUT2D eigenvalue weighted by molar-refractivity contribution is -0.143. The van der Waals surface area contributed by atoms with Crippen LogP contribution in [0.25, 0.3) is 0 Å². The highest BCUT2D eigenvalue weighted by molar-refractivity contribution is 6.09. The smallest absolute Gasteiger partial charge is 0.315 e. The average Bonchev–Trinajstić information content (AvgIpc) is 2.52. The Morgan fingerprint density at radius 3 is 2.54 bits per heavy atom. The molecule has 2 heterocycles. The Balaban J connectivity index is 2.19. The zero-order valence-corrected chi connectivity index (χ0v) is 14.5. The predicted molar refractivity (Wildman–Crippen MR) is 90.6 cm³/mol. The number of methoxy groups -OCH3 is 1. The molecule has 0 fully saturated rings. The Morgan fingerprint density at radius 1 is 1.25 bits per heavy atom. The molecule has 0 radical (unpaired) electrons. The molecule has 0 spiro atoms. The lowest BCUT2D eigenvalue weighted by Crippen LogP contribution is -2.39. The van der Waals surface area contributed by atoms with E-state index in [9.17, 15) is 9.59 Å². The maximum absolute atomic E-state index is 12.9. The van der Waals surface area contributed by atoms with Crippen molar-refractivity contribution in [1.29, 1.82) is 0 Å². The molecular weight excluding hydrogens is 304 g/mol. The van der Waals surface area contributed by atoms with E-state index in [1.807, 2.05) is 19.1 Å². The first kappa shape index (κ1) is 16.6. The first-order valence-electron chi connectivity index (χ1n) is 8.13. The minimum absolute atomic E-state index is 0.0771. The lowest BCUT2D eigenvalue weighted by Gasteiger charge is -2.38. The van der Waals surface area contributed by atoms with Gasteiger partial charge in [0.2, 0.25) is 0 Å². The predicted octanol–water partition coefficient (Wildman–Crippen LogP) is 3.07. The molecule has 1 aliphatic heterocycles. The van der Waals surface area contributed by atoms with Crippen LogP contribution in [0.4, 0.5) is 0 Å². The van der Waals surface area contributed by atoms with E-state index >= 15 is 0 Å². The number of carbonyl (C=O) groups is 2. The van der Waals surface area contributed by atoms with Crippen LogP contribution in [0.1, 0.15) is 45.1 Å². The summed E-state index contributed by atoms with van der Waals surface area (Å²) in [7, 11) is 1.37. The van der Waals surface area contributed by atoms with Gasteiger partial charge in [-0.1, -0.05) is 13.8 Å². The third-order valence-corrected chi connectivity index (χ3v) is 4.82. The summed E-state index contributed by atoms with van der Waals surface area (Å²) in [5.41, 5.74) is 2.97. The Labute approximate surface area is 141 Å². The number of rotatable bonds is 2. The van der Waals surface area contributed by atoms with Gasteiger partial charge in [0, 0.05) is 41.7 Å². The molecule has 24 heavy (non-hydrogen) atoms. The van der Waals surface area contributed by atoms with Crippen LogP contribution in [0.3, 0.4) is 0 Å². The number of hydrogen-bond donors (Lipinski definition) is 0. The first-order valence-corrected chi connectivity index (χ1v) is 8.13. The summed E-state index contributed by atoms with van der Waals surface area (Å²) < 4.78 is 5.00. The minimum atomic E-state index is -0.568. The van der Waals surface area contributed by atoms with Crippen LogP contribution in [-0.2, 0) is 14.3 Å². The number of Topliss-reactive ketones (excluding diaryl/α,β-unsaturated/α-hetero) is 1. The Bertz CT molecular complexity index is 747. The second-order valence-corrected chi connectivity index (χ2v) is 7.31. The molecule has 0 saturated carbocycles. The van der Waals surface area contributed by atoms with E-state index < -0.39 is 5.92 Å². The quantitative estimate of drug-likeness (QED) is 0.783. The summed E-state index contributed by atoms with van der Waals surface area (Å²) in [6.07, 6.45) is 4.57. The van der Waals surface area contributed by atoms with Crippen molar-refractivity contribution in [1.82, 2.24) is 4.98 Å². The van der Waals surface area contributed by atoms with Crippen molar-refractivity contribution in [2.75, 3.05) is 7.11 Å².